The van der Waals surface area contributed by atoms with Crippen molar-refractivity contribution >= 4 is 0 Å². The maximum Gasteiger partial charge on any atom is 0.248 e. The van der Waals surface area contributed by atoms with Gasteiger partial charge in [0, 0.05) is 24.0 Å². The zero-order valence-electron chi connectivity index (χ0n) is 11.9. The lowest BCUT2D eigenvalue weighted by molar-refractivity contribution is 0.603. The summed E-state index contributed by atoms with van der Waals surface area (Å²) in [5.41, 5.74) is 2.15. The molecule has 0 saturated carbocycles. The molecule has 2 unspecified atom stereocenters. The first-order chi connectivity index (χ1) is 10.3. The number of hydrogen-bond donors (Lipinski definition) is 0. The second-order valence-corrected chi connectivity index (χ2v) is 5.04. The highest BCUT2D eigenvalue weighted by molar-refractivity contribution is 5.22. The third-order valence-corrected chi connectivity index (χ3v) is 3.64. The highest BCUT2D eigenvalue weighted by atomic mass is 14.7. The van der Waals surface area contributed by atoms with Gasteiger partial charge in [-0.1, -0.05) is 60.7 Å². The second-order valence-electron chi connectivity index (χ2n) is 5.04. The molecule has 0 aliphatic heterocycles. The summed E-state index contributed by atoms with van der Waals surface area (Å²) in [5, 5.41) is 0. The van der Waals surface area contributed by atoms with Crippen LogP contribution in [-0.4, -0.2) is 0 Å². The molecule has 2 atom stereocenters. The predicted molar refractivity (Wildman–Crippen MR) is 85.4 cm³/mol. The Labute approximate surface area is 126 Å². The minimum absolute atomic E-state index is 0.0895. The van der Waals surface area contributed by atoms with Gasteiger partial charge in [0.05, 0.1) is 0 Å². The molecule has 0 N–H and O–H groups in total. The van der Waals surface area contributed by atoms with Crippen LogP contribution in [0.2, 0.25) is 0 Å². The molecule has 0 amide bonds. The molecule has 0 aromatic heterocycles. The van der Waals surface area contributed by atoms with Crippen molar-refractivity contribution in [3.05, 3.63) is 94.6 Å². The van der Waals surface area contributed by atoms with E-state index in [0.717, 1.165) is 30.4 Å². The standard InChI is InChI=1S/C19H18N2/c1-20-18(16-10-5-3-6-11-16)14-9-15-19(21-2)17-12-7-4-8-13-17/h3-8,10-13,18-19H,9,14-15H2. The van der Waals surface area contributed by atoms with Crippen LogP contribution < -0.4 is 0 Å². The first-order valence-electron chi connectivity index (χ1n) is 7.18. The van der Waals surface area contributed by atoms with Crippen molar-refractivity contribution in [1.29, 1.82) is 0 Å². The lowest BCUT2D eigenvalue weighted by Crippen LogP contribution is -1.97. The average Bonchev–Trinajstić information content (AvgIpc) is 2.57. The molecule has 104 valence electrons. The van der Waals surface area contributed by atoms with Crippen LogP contribution in [0.3, 0.4) is 0 Å². The molecular formula is C19H18N2. The first-order valence-corrected chi connectivity index (χ1v) is 7.18. The molecule has 0 saturated heterocycles. The number of nitrogens with zero attached hydrogens (tertiary/aromatic N) is 2. The van der Waals surface area contributed by atoms with Gasteiger partial charge in [-0.05, 0) is 6.42 Å². The Kier molecular flexibility index (Phi) is 5.56. The van der Waals surface area contributed by atoms with E-state index in [4.69, 9.17) is 13.1 Å². The number of benzene rings is 2. The summed E-state index contributed by atoms with van der Waals surface area (Å²) in [6, 6.07) is 19.7. The molecule has 0 heterocycles. The Hall–Kier alpha value is -2.58. The van der Waals surface area contributed by atoms with Crippen molar-refractivity contribution in [2.45, 2.75) is 31.3 Å². The van der Waals surface area contributed by atoms with Crippen LogP contribution in [0.1, 0.15) is 42.5 Å². The summed E-state index contributed by atoms with van der Waals surface area (Å²) in [4.78, 5) is 7.45. The van der Waals surface area contributed by atoms with Crippen molar-refractivity contribution in [2.75, 3.05) is 0 Å². The highest BCUT2D eigenvalue weighted by Gasteiger charge is 2.19. The molecule has 0 aliphatic rings. The summed E-state index contributed by atoms with van der Waals surface area (Å²) >= 11 is 0. The summed E-state index contributed by atoms with van der Waals surface area (Å²) in [5.74, 6) is 0. The van der Waals surface area contributed by atoms with E-state index >= 15 is 0 Å². The zero-order chi connectivity index (χ0) is 14.9. The van der Waals surface area contributed by atoms with Gasteiger partial charge in [-0.25, -0.2) is 13.1 Å². The fourth-order valence-corrected chi connectivity index (χ4v) is 2.47. The number of hydrogen-bond acceptors (Lipinski definition) is 0. The van der Waals surface area contributed by atoms with Gasteiger partial charge in [0.2, 0.25) is 12.1 Å². The van der Waals surface area contributed by atoms with Gasteiger partial charge in [-0.2, -0.15) is 0 Å². The highest BCUT2D eigenvalue weighted by Crippen LogP contribution is 2.28. The fourth-order valence-electron chi connectivity index (χ4n) is 2.47. The molecular weight excluding hydrogens is 256 g/mol. The largest absolute Gasteiger partial charge is 0.308 e. The summed E-state index contributed by atoms with van der Waals surface area (Å²) < 4.78 is 0. The van der Waals surface area contributed by atoms with Gasteiger partial charge in [-0.15, -0.1) is 0 Å². The minimum atomic E-state index is -0.0895. The Morgan fingerprint density at radius 1 is 0.667 bits per heavy atom. The normalized spacial score (nSPS) is 12.9. The fraction of sp³-hybridized carbons (Fsp3) is 0.263. The van der Waals surface area contributed by atoms with Crippen LogP contribution in [0, 0.1) is 13.1 Å². The van der Waals surface area contributed by atoms with E-state index in [2.05, 4.69) is 9.69 Å². The maximum atomic E-state index is 7.36. The Morgan fingerprint density at radius 2 is 1.05 bits per heavy atom. The molecule has 21 heavy (non-hydrogen) atoms. The van der Waals surface area contributed by atoms with Gasteiger partial charge >= 0.3 is 0 Å². The van der Waals surface area contributed by atoms with E-state index in [9.17, 15) is 0 Å². The maximum absolute atomic E-state index is 7.36. The van der Waals surface area contributed by atoms with E-state index in [1.165, 1.54) is 0 Å². The molecule has 2 aromatic carbocycles. The van der Waals surface area contributed by atoms with E-state index in [1.807, 2.05) is 60.7 Å². The van der Waals surface area contributed by atoms with Gasteiger partial charge in [0.25, 0.3) is 0 Å². The SMILES string of the molecule is [C-]#[N+]C(CCCC([N+]#[C-])c1ccccc1)c1ccccc1. The van der Waals surface area contributed by atoms with Gasteiger partial charge in [-0.3, -0.25) is 0 Å². The molecule has 2 aromatic rings. The van der Waals surface area contributed by atoms with Crippen LogP contribution in [0.25, 0.3) is 9.69 Å². The molecule has 0 bridgehead atoms. The Morgan fingerprint density at radius 3 is 1.38 bits per heavy atom. The third-order valence-electron chi connectivity index (χ3n) is 3.64. The monoisotopic (exact) mass is 274 g/mol. The molecule has 2 nitrogen and oxygen atoms in total. The van der Waals surface area contributed by atoms with Gasteiger partial charge < -0.3 is 9.69 Å². The molecule has 0 fully saturated rings. The molecule has 2 rings (SSSR count). The van der Waals surface area contributed by atoms with E-state index < -0.39 is 0 Å². The second kappa shape index (κ2) is 7.88. The minimum Gasteiger partial charge on any atom is -0.308 e. The third kappa shape index (κ3) is 4.20. The van der Waals surface area contributed by atoms with Crippen LogP contribution >= 0.6 is 0 Å². The van der Waals surface area contributed by atoms with E-state index in [0.29, 0.717) is 0 Å². The predicted octanol–water partition coefficient (Wildman–Crippen LogP) is 5.48. The lowest BCUT2D eigenvalue weighted by Gasteiger charge is -2.08. The van der Waals surface area contributed by atoms with Crippen molar-refractivity contribution in [1.82, 2.24) is 0 Å². The van der Waals surface area contributed by atoms with E-state index in [-0.39, 0.29) is 12.1 Å². The van der Waals surface area contributed by atoms with Crippen LogP contribution in [0.5, 0.6) is 0 Å². The average molecular weight is 274 g/mol. The van der Waals surface area contributed by atoms with Crippen molar-refractivity contribution in [3.63, 3.8) is 0 Å². The number of rotatable bonds is 6. The molecule has 2 heteroatoms. The van der Waals surface area contributed by atoms with Gasteiger partial charge in [0.1, 0.15) is 0 Å². The van der Waals surface area contributed by atoms with Crippen LogP contribution in [0.15, 0.2) is 60.7 Å². The van der Waals surface area contributed by atoms with Crippen LogP contribution in [-0.2, 0) is 0 Å². The van der Waals surface area contributed by atoms with Crippen molar-refractivity contribution in [2.24, 2.45) is 0 Å². The van der Waals surface area contributed by atoms with Crippen molar-refractivity contribution < 1.29 is 0 Å². The summed E-state index contributed by atoms with van der Waals surface area (Å²) in [6.07, 6.45) is 2.52. The first kappa shape index (κ1) is 14.8. The molecule has 0 radical (unpaired) electrons. The quantitative estimate of drug-likeness (QED) is 0.617. The summed E-state index contributed by atoms with van der Waals surface area (Å²) in [6.45, 7) is 14.7. The topological polar surface area (TPSA) is 8.72 Å². The van der Waals surface area contributed by atoms with Crippen molar-refractivity contribution in [3.8, 4) is 0 Å². The lowest BCUT2D eigenvalue weighted by atomic mass is 9.97. The molecule has 0 spiro atoms. The summed E-state index contributed by atoms with van der Waals surface area (Å²) in [7, 11) is 0. The Bertz CT molecular complexity index is 563. The Balaban J connectivity index is 1.91. The molecule has 0 aliphatic carbocycles. The smallest absolute Gasteiger partial charge is 0.248 e. The zero-order valence-corrected chi connectivity index (χ0v) is 11.9. The van der Waals surface area contributed by atoms with Gasteiger partial charge in [0.15, 0.2) is 0 Å². The van der Waals surface area contributed by atoms with E-state index in [1.54, 1.807) is 0 Å². The van der Waals surface area contributed by atoms with Crippen LogP contribution in [0.4, 0.5) is 0 Å².